The topological polar surface area (TPSA) is 366 Å². The van der Waals surface area contributed by atoms with E-state index in [9.17, 15) is 71.6 Å². The van der Waals surface area contributed by atoms with Crippen molar-refractivity contribution in [3.05, 3.63) is 94.6 Å². The molecule has 1 aliphatic carbocycles. The van der Waals surface area contributed by atoms with Crippen LogP contribution >= 0.6 is 0 Å². The number of primary amides is 1. The number of carboxylic acids is 3. The van der Waals surface area contributed by atoms with Crippen molar-refractivity contribution in [3.8, 4) is 0 Å². The summed E-state index contributed by atoms with van der Waals surface area (Å²) in [5.74, 6) is -10.4. The molecule has 5 amide bonds. The first-order chi connectivity index (χ1) is 32.8. The highest BCUT2D eigenvalue weighted by atomic mass is 32.2. The lowest BCUT2D eigenvalue weighted by Gasteiger charge is -2.30. The van der Waals surface area contributed by atoms with Gasteiger partial charge in [0.2, 0.25) is 39.6 Å². The number of nitrogens with one attached hydrogen (secondary N) is 7. The summed E-state index contributed by atoms with van der Waals surface area (Å²) < 4.78 is 43.0. The number of amides is 5. The minimum absolute atomic E-state index is 0.0660. The van der Waals surface area contributed by atoms with E-state index in [1.165, 1.54) is 24.3 Å². The Labute approximate surface area is 402 Å². The fraction of sp³-hybridized carbons (Fsp3) is 0.435. The number of aliphatic hydroxyl groups is 1. The Bertz CT molecular complexity index is 2540. The summed E-state index contributed by atoms with van der Waals surface area (Å²) in [4.78, 5) is 104. The number of H-pyrrole nitrogens is 1. The third-order valence-electron chi connectivity index (χ3n) is 11.2. The molecule has 1 aliphatic rings. The molecule has 1 aromatic heterocycles. The molecule has 0 spiro atoms. The Balaban J connectivity index is 1.54. The molecule has 0 aliphatic heterocycles. The van der Waals surface area contributed by atoms with Crippen molar-refractivity contribution in [1.29, 1.82) is 0 Å². The Morgan fingerprint density at radius 2 is 1.44 bits per heavy atom. The number of nitrogens with two attached hydrogens (primary N) is 1. The Kier molecular flexibility index (Phi) is 19.9. The predicted molar refractivity (Wildman–Crippen MR) is 248 cm³/mol. The second-order valence-electron chi connectivity index (χ2n) is 17.7. The van der Waals surface area contributed by atoms with Gasteiger partial charge < -0.3 is 52.4 Å². The quantitative estimate of drug-likeness (QED) is 0.0450. The highest BCUT2D eigenvalue weighted by Gasteiger charge is 2.34. The van der Waals surface area contributed by atoms with Crippen LogP contribution in [-0.4, -0.2) is 124 Å². The van der Waals surface area contributed by atoms with Gasteiger partial charge in [-0.05, 0) is 90.1 Å². The fourth-order valence-electron chi connectivity index (χ4n) is 7.43. The number of carboxylic acid groups (broad SMARTS) is 3. The van der Waals surface area contributed by atoms with Crippen LogP contribution in [0.15, 0.2) is 65.7 Å². The molecule has 24 heteroatoms. The van der Waals surface area contributed by atoms with Crippen molar-refractivity contribution in [2.24, 2.45) is 5.73 Å². The molecule has 0 fully saturated rings. The third-order valence-corrected chi connectivity index (χ3v) is 12.7. The number of hydrogen-bond acceptors (Lipinski definition) is 12. The molecule has 0 saturated carbocycles. The molecular weight excluding hydrogens is 940 g/mol. The maximum Gasteiger partial charge on any atom is 0.305 e. The summed E-state index contributed by atoms with van der Waals surface area (Å²) in [6, 6.07) is 2.71. The van der Waals surface area contributed by atoms with E-state index in [4.69, 9.17) is 5.73 Å². The van der Waals surface area contributed by atoms with Crippen molar-refractivity contribution in [1.82, 2.24) is 36.3 Å². The van der Waals surface area contributed by atoms with Crippen LogP contribution in [0.3, 0.4) is 0 Å². The molecule has 4 rings (SSSR count). The number of benzene rings is 2. The number of aliphatic carboxylic acids is 3. The maximum atomic E-state index is 14.4. The van der Waals surface area contributed by atoms with E-state index < -0.39 is 132 Å². The van der Waals surface area contributed by atoms with Crippen LogP contribution in [0.2, 0.25) is 0 Å². The number of rotatable bonds is 27. The Morgan fingerprint density at radius 1 is 0.800 bits per heavy atom. The zero-order valence-electron chi connectivity index (χ0n) is 38.6. The van der Waals surface area contributed by atoms with Gasteiger partial charge in [0.1, 0.15) is 30.2 Å². The van der Waals surface area contributed by atoms with E-state index in [1.54, 1.807) is 18.3 Å². The van der Waals surface area contributed by atoms with Gasteiger partial charge in [0, 0.05) is 31.2 Å². The Morgan fingerprint density at radius 3 is 2.04 bits per heavy atom. The van der Waals surface area contributed by atoms with Crippen LogP contribution in [0.1, 0.15) is 87.2 Å². The lowest BCUT2D eigenvalue weighted by Crippen LogP contribution is -2.60. The van der Waals surface area contributed by atoms with Crippen molar-refractivity contribution in [2.75, 3.05) is 6.54 Å². The molecule has 2 aromatic carbocycles. The summed E-state index contributed by atoms with van der Waals surface area (Å²) in [6.45, 7) is 4.78. The number of hydrogen-bond donors (Lipinski definition) is 12. The van der Waals surface area contributed by atoms with Gasteiger partial charge in [-0.1, -0.05) is 51.1 Å². The summed E-state index contributed by atoms with van der Waals surface area (Å²) in [5, 5.41) is 51.7. The van der Waals surface area contributed by atoms with Crippen molar-refractivity contribution in [2.45, 2.75) is 125 Å². The van der Waals surface area contributed by atoms with Crippen LogP contribution < -0.4 is 37.0 Å². The van der Waals surface area contributed by atoms with Crippen molar-refractivity contribution in [3.63, 3.8) is 0 Å². The van der Waals surface area contributed by atoms with Crippen LogP contribution in [0.4, 0.5) is 4.39 Å². The van der Waals surface area contributed by atoms with Gasteiger partial charge in [-0.2, -0.15) is 4.72 Å². The maximum absolute atomic E-state index is 14.4. The minimum Gasteiger partial charge on any atom is -0.481 e. The average Bonchev–Trinajstić information content (AvgIpc) is 3.69. The van der Waals surface area contributed by atoms with Crippen LogP contribution in [0.25, 0.3) is 6.08 Å². The minimum atomic E-state index is -4.54. The number of carbonyl (C=O) groups excluding carboxylic acids is 5. The molecule has 1 heterocycles. The summed E-state index contributed by atoms with van der Waals surface area (Å²) >= 11 is 0. The van der Waals surface area contributed by atoms with E-state index >= 15 is 0 Å². The number of fused-ring (bicyclic) bond motifs is 1. The summed E-state index contributed by atoms with van der Waals surface area (Å²) in [7, 11) is -4.54. The summed E-state index contributed by atoms with van der Waals surface area (Å²) in [6.07, 6.45) is 1.39. The van der Waals surface area contributed by atoms with Gasteiger partial charge >= 0.3 is 17.9 Å². The largest absolute Gasteiger partial charge is 0.481 e. The van der Waals surface area contributed by atoms with Crippen LogP contribution in [0, 0.1) is 5.82 Å². The highest BCUT2D eigenvalue weighted by Crippen LogP contribution is 2.25. The second-order valence-corrected chi connectivity index (χ2v) is 19.4. The zero-order valence-corrected chi connectivity index (χ0v) is 39.4. The third kappa shape index (κ3) is 17.2. The van der Waals surface area contributed by atoms with E-state index in [0.717, 1.165) is 29.0 Å². The molecule has 70 heavy (non-hydrogen) atoms. The SMILES string of the molecule is CC(C)(C)c1ccc(S(=O)(=O)NC(CC(=O)O)C(=O)NC(CCC(=O)O)C(=O)NCC(=O)NC(Cc2cccc(F)c2)C(=O)NC(Cc2c[nH]c3c2CCC=C3)C(O)NC(CCC(=O)O)C(N)=O)cc1. The molecular formula is C46H59FN8O14S. The van der Waals surface area contributed by atoms with E-state index in [-0.39, 0.29) is 35.1 Å². The van der Waals surface area contributed by atoms with Gasteiger partial charge in [-0.3, -0.25) is 43.7 Å². The van der Waals surface area contributed by atoms with E-state index in [2.05, 4.69) is 31.6 Å². The van der Waals surface area contributed by atoms with Gasteiger partial charge in [0.25, 0.3) is 0 Å². The van der Waals surface area contributed by atoms with Crippen LogP contribution in [-0.2, 0) is 73.1 Å². The molecule has 0 bridgehead atoms. The van der Waals surface area contributed by atoms with Gasteiger partial charge in [-0.15, -0.1) is 0 Å². The van der Waals surface area contributed by atoms with Gasteiger partial charge in [-0.25, -0.2) is 12.8 Å². The normalized spacial score (nSPS) is 14.9. The lowest BCUT2D eigenvalue weighted by atomic mass is 9.87. The molecule has 6 atom stereocenters. The number of aromatic nitrogens is 1. The fourth-order valence-corrected chi connectivity index (χ4v) is 8.63. The van der Waals surface area contributed by atoms with Crippen molar-refractivity contribution >= 4 is 63.5 Å². The van der Waals surface area contributed by atoms with Gasteiger partial charge in [0.05, 0.1) is 29.9 Å². The van der Waals surface area contributed by atoms with Crippen molar-refractivity contribution < 1.29 is 71.6 Å². The summed E-state index contributed by atoms with van der Waals surface area (Å²) in [5.41, 5.74) is 8.50. The number of carbonyl (C=O) groups is 8. The molecule has 0 radical (unpaired) electrons. The van der Waals surface area contributed by atoms with E-state index in [1.807, 2.05) is 37.6 Å². The Hall–Kier alpha value is -7.02. The molecule has 22 nitrogen and oxygen atoms in total. The number of aliphatic hydroxyl groups excluding tert-OH is 1. The standard InChI is InChI=1S/C46H59FN8O14S/c1-46(2,3)27-11-13-29(14-12-27)70(68,69)55-36(22-40(61)62)45(67)53-33(16-18-39(59)60)42(64)50-24-37(56)51-34(20-25-7-6-8-28(47)19-25)43(65)54-35(21-26-23-49-31-10-5-4-9-30(26)31)44(66)52-32(41(48)63)15-17-38(57)58/h5-8,10-14,19,23,32-36,44,49,52,55,66H,4,9,15-18,20-22,24H2,1-3H3,(H2,48,63)(H,50,64)(H,51,56)(H,53,67)(H,54,65)(H,57,58)(H,59,60)(H,61,62). The van der Waals surface area contributed by atoms with Crippen LogP contribution in [0.5, 0.6) is 0 Å². The first kappa shape index (κ1) is 55.6. The number of sulfonamides is 1. The molecule has 13 N–H and O–H groups in total. The zero-order chi connectivity index (χ0) is 51.9. The lowest BCUT2D eigenvalue weighted by molar-refractivity contribution is -0.140. The predicted octanol–water partition coefficient (Wildman–Crippen LogP) is 0.0798. The highest BCUT2D eigenvalue weighted by molar-refractivity contribution is 7.89. The van der Waals surface area contributed by atoms with Gasteiger partial charge in [0.15, 0.2) is 0 Å². The smallest absolute Gasteiger partial charge is 0.305 e. The average molecular weight is 999 g/mol. The van der Waals surface area contributed by atoms with E-state index in [0.29, 0.717) is 18.4 Å². The number of aromatic amines is 1. The first-order valence-corrected chi connectivity index (χ1v) is 23.6. The number of halogens is 1. The molecule has 0 saturated heterocycles. The molecule has 6 unspecified atom stereocenters. The molecule has 380 valence electrons. The first-order valence-electron chi connectivity index (χ1n) is 22.1. The second kappa shape index (κ2) is 25.0. The number of allylic oxidation sites excluding steroid dienone is 1. The monoisotopic (exact) mass is 998 g/mol. The molecule has 3 aromatic rings.